The molecule has 0 radical (unpaired) electrons. The molecule has 284 valence electrons. The van der Waals surface area contributed by atoms with Gasteiger partial charge in [0.2, 0.25) is 11.8 Å². The van der Waals surface area contributed by atoms with E-state index < -0.39 is 71.9 Å². The molecule has 3 N–H and O–H groups in total. The normalized spacial score (nSPS) is 29.7. The first-order valence-corrected chi connectivity index (χ1v) is 17.8. The highest BCUT2D eigenvalue weighted by Gasteiger charge is 2.51. The van der Waals surface area contributed by atoms with Crippen LogP contribution in [0.1, 0.15) is 59.4 Å². The molecule has 8 atom stereocenters. The summed E-state index contributed by atoms with van der Waals surface area (Å²) in [6, 6.07) is 2.46. The van der Waals surface area contributed by atoms with Gasteiger partial charge < -0.3 is 39.0 Å². The average Bonchev–Trinajstić information content (AvgIpc) is 3.07. The van der Waals surface area contributed by atoms with E-state index in [0.29, 0.717) is 17.9 Å². The molecule has 15 heteroatoms. The molecular formula is C36H52ClN3O10S. The van der Waals surface area contributed by atoms with Gasteiger partial charge in [0.15, 0.2) is 5.72 Å². The number of carbonyl (C=O) groups is 4. The van der Waals surface area contributed by atoms with Crippen LogP contribution in [0.4, 0.5) is 10.5 Å². The Morgan fingerprint density at radius 3 is 2.51 bits per heavy atom. The summed E-state index contributed by atoms with van der Waals surface area (Å²) in [5.41, 5.74) is -1.78. The molecule has 0 saturated carbocycles. The maximum atomic E-state index is 14.1. The number of hydrogen-bond donors (Lipinski definition) is 4. The number of likely N-dealkylation sites (N-methyl/N-ethyl adjacent to an activating group) is 1. The van der Waals surface area contributed by atoms with E-state index in [1.54, 1.807) is 38.1 Å². The highest BCUT2D eigenvalue weighted by atomic mass is 35.5. The Kier molecular flexibility index (Phi) is 14.4. The van der Waals surface area contributed by atoms with E-state index in [-0.39, 0.29) is 29.5 Å². The number of halogens is 1. The minimum atomic E-state index is -1.91. The molecule has 0 aliphatic carbocycles. The number of thiol groups is 1. The first kappa shape index (κ1) is 42.1. The molecule has 1 saturated heterocycles. The molecule has 0 spiro atoms. The van der Waals surface area contributed by atoms with Crippen LogP contribution in [0, 0.1) is 11.8 Å². The fourth-order valence-corrected chi connectivity index (χ4v) is 6.83. The molecule has 0 aromatic heterocycles. The molecule has 3 amide bonds. The van der Waals surface area contributed by atoms with Gasteiger partial charge in [0.25, 0.3) is 0 Å². The predicted molar refractivity (Wildman–Crippen MR) is 196 cm³/mol. The lowest BCUT2D eigenvalue weighted by Crippen LogP contribution is -2.64. The Balaban J connectivity index is 2.18. The SMILES string of the molecule is COc1cc2cc(c1Cl)N(C)C(=O)C[C@@H](OC(=O)[C@@H](C)N(C)C(=O)CCS)[C@](C)(O)[C@@H](C)[C@@H](C)[C@@H]1C[C@](O)(NC(=O)O1)[C@@H](OC)C=CC=C(C)C2. The molecule has 1 aromatic carbocycles. The average molecular weight is 754 g/mol. The number of anilines is 1. The lowest BCUT2D eigenvalue weighted by Gasteiger charge is -2.46. The van der Waals surface area contributed by atoms with Crippen molar-refractivity contribution in [2.24, 2.45) is 11.8 Å². The van der Waals surface area contributed by atoms with Crippen LogP contribution in [-0.2, 0) is 35.0 Å². The summed E-state index contributed by atoms with van der Waals surface area (Å²) < 4.78 is 22.7. The smallest absolute Gasteiger partial charge is 0.409 e. The van der Waals surface area contributed by atoms with Crippen LogP contribution < -0.4 is 15.0 Å². The fourth-order valence-electron chi connectivity index (χ4n) is 6.32. The maximum Gasteiger partial charge on any atom is 0.409 e. The monoisotopic (exact) mass is 753 g/mol. The summed E-state index contributed by atoms with van der Waals surface area (Å²) in [5.74, 6) is -2.56. The standard InChI is InChI=1S/C36H52ClN3O10S/c1-20-11-10-12-28(48-9)36(46)19-27(49-34(44)38-36)21(2)22(3)35(5,45)29(50-33(43)23(4)39(6)30(41)13-14-51)18-31(42)40(7)25-16-24(15-20)17-26(47-8)32(25)37/h10-12,16-17,21-23,27-29,45-46,51H,13-15,18-19H2,1-9H3,(H,38,44)/t21-,22+,23-,27+,28+,29-,35-,36-/m1/s1. The second-order valence-corrected chi connectivity index (χ2v) is 14.5. The van der Waals surface area contributed by atoms with Gasteiger partial charge in [-0.25, -0.2) is 9.59 Å². The topological polar surface area (TPSA) is 164 Å². The van der Waals surface area contributed by atoms with Crippen molar-refractivity contribution in [2.45, 2.75) is 96.0 Å². The van der Waals surface area contributed by atoms with Crippen LogP contribution in [0.25, 0.3) is 0 Å². The zero-order valence-electron chi connectivity index (χ0n) is 30.8. The summed E-state index contributed by atoms with van der Waals surface area (Å²) in [5, 5.41) is 26.6. The van der Waals surface area contributed by atoms with Crippen molar-refractivity contribution in [3.05, 3.63) is 46.5 Å². The van der Waals surface area contributed by atoms with Gasteiger partial charge in [0, 0.05) is 34.0 Å². The molecule has 13 nitrogen and oxygen atoms in total. The Morgan fingerprint density at radius 2 is 1.90 bits per heavy atom. The van der Waals surface area contributed by atoms with Crippen LogP contribution >= 0.6 is 24.2 Å². The summed E-state index contributed by atoms with van der Waals surface area (Å²) in [6.07, 6.45) is 0.869. The number of fused-ring (bicyclic) bond motifs is 4. The largest absolute Gasteiger partial charge is 0.495 e. The number of esters is 1. The number of ether oxygens (including phenoxy) is 4. The van der Waals surface area contributed by atoms with Gasteiger partial charge in [-0.2, -0.15) is 12.6 Å². The number of benzene rings is 1. The van der Waals surface area contributed by atoms with E-state index in [1.807, 2.05) is 13.0 Å². The van der Waals surface area contributed by atoms with E-state index in [4.69, 9.17) is 30.5 Å². The number of carbonyl (C=O) groups excluding carboxylic acids is 4. The minimum absolute atomic E-state index is 0.0931. The highest BCUT2D eigenvalue weighted by molar-refractivity contribution is 7.80. The third kappa shape index (κ3) is 9.78. The first-order chi connectivity index (χ1) is 23.8. The van der Waals surface area contributed by atoms with Crippen LogP contribution in [0.5, 0.6) is 5.75 Å². The van der Waals surface area contributed by atoms with Crippen molar-refractivity contribution in [2.75, 3.05) is 39.0 Å². The number of allylic oxidation sites excluding steroid dienone is 3. The number of nitrogens with zero attached hydrogens (tertiary/aromatic N) is 2. The zero-order chi connectivity index (χ0) is 38.4. The number of hydrogen-bond acceptors (Lipinski definition) is 11. The highest BCUT2D eigenvalue weighted by Crippen LogP contribution is 2.40. The van der Waals surface area contributed by atoms with Crippen molar-refractivity contribution >= 4 is 53.8 Å². The summed E-state index contributed by atoms with van der Waals surface area (Å²) >= 11 is 10.8. The molecule has 0 unspecified atom stereocenters. The fraction of sp³-hybridized carbons (Fsp3) is 0.611. The number of rotatable bonds is 7. The number of alkyl carbamates (subject to hydrolysis) is 1. The second kappa shape index (κ2) is 17.5. The summed E-state index contributed by atoms with van der Waals surface area (Å²) in [6.45, 7) is 8.23. The van der Waals surface area contributed by atoms with E-state index >= 15 is 0 Å². The molecule has 3 rings (SSSR count). The Morgan fingerprint density at radius 1 is 1.24 bits per heavy atom. The van der Waals surface area contributed by atoms with Crippen LogP contribution in [0.15, 0.2) is 35.9 Å². The van der Waals surface area contributed by atoms with Crippen molar-refractivity contribution in [1.82, 2.24) is 10.2 Å². The number of nitrogens with one attached hydrogen (secondary N) is 1. The molecular weight excluding hydrogens is 702 g/mol. The molecule has 2 aliphatic rings. The number of methoxy groups -OCH3 is 2. The van der Waals surface area contributed by atoms with Gasteiger partial charge >= 0.3 is 12.1 Å². The number of amides is 3. The third-order valence-electron chi connectivity index (χ3n) is 10.2. The Labute approximate surface area is 310 Å². The lowest BCUT2D eigenvalue weighted by atomic mass is 9.73. The minimum Gasteiger partial charge on any atom is -0.495 e. The third-order valence-corrected chi connectivity index (χ3v) is 10.8. The van der Waals surface area contributed by atoms with Crippen molar-refractivity contribution in [3.63, 3.8) is 0 Å². The molecule has 2 heterocycles. The summed E-state index contributed by atoms with van der Waals surface area (Å²) in [7, 11) is 5.85. The number of aliphatic hydroxyl groups is 2. The van der Waals surface area contributed by atoms with Crippen molar-refractivity contribution < 1.29 is 48.3 Å². The Bertz CT molecular complexity index is 1520. The molecule has 2 aliphatic heterocycles. The van der Waals surface area contributed by atoms with Gasteiger partial charge in [-0.3, -0.25) is 14.9 Å². The van der Waals surface area contributed by atoms with Crippen molar-refractivity contribution in [3.8, 4) is 5.75 Å². The van der Waals surface area contributed by atoms with Gasteiger partial charge in [0.05, 0.1) is 19.2 Å². The van der Waals surface area contributed by atoms with Crippen molar-refractivity contribution in [1.29, 1.82) is 0 Å². The van der Waals surface area contributed by atoms with Gasteiger partial charge in [-0.15, -0.1) is 0 Å². The first-order valence-electron chi connectivity index (χ1n) is 16.8. The molecule has 4 bridgehead atoms. The quantitative estimate of drug-likeness (QED) is 0.236. The predicted octanol–water partition coefficient (Wildman–Crippen LogP) is 4.06. The van der Waals surface area contributed by atoms with Crippen LogP contribution in [0.2, 0.25) is 5.02 Å². The second-order valence-electron chi connectivity index (χ2n) is 13.7. The van der Waals surface area contributed by atoms with Crippen LogP contribution in [-0.4, -0.2) is 109 Å². The summed E-state index contributed by atoms with van der Waals surface area (Å²) in [4.78, 5) is 55.6. The van der Waals surface area contributed by atoms with E-state index in [0.717, 1.165) is 11.1 Å². The molecule has 1 aromatic rings. The molecule has 1 fully saturated rings. The molecule has 51 heavy (non-hydrogen) atoms. The maximum absolute atomic E-state index is 14.1. The Hall–Kier alpha value is -3.30. The zero-order valence-corrected chi connectivity index (χ0v) is 32.4. The van der Waals surface area contributed by atoms with Crippen LogP contribution in [0.3, 0.4) is 0 Å². The van der Waals surface area contributed by atoms with E-state index in [2.05, 4.69) is 17.9 Å². The lowest BCUT2D eigenvalue weighted by molar-refractivity contribution is -0.186. The van der Waals surface area contributed by atoms with Gasteiger partial charge in [-0.05, 0) is 62.5 Å². The van der Waals surface area contributed by atoms with Gasteiger partial charge in [0.1, 0.15) is 40.7 Å². The van der Waals surface area contributed by atoms with E-state index in [9.17, 15) is 29.4 Å². The van der Waals surface area contributed by atoms with E-state index in [1.165, 1.54) is 52.0 Å². The van der Waals surface area contributed by atoms with Gasteiger partial charge in [-0.1, -0.05) is 49.2 Å².